The average molecular weight is 268 g/mol. The van der Waals surface area contributed by atoms with Crippen molar-refractivity contribution in [2.45, 2.75) is 32.9 Å². The van der Waals surface area contributed by atoms with Gasteiger partial charge in [0.1, 0.15) is 0 Å². The van der Waals surface area contributed by atoms with Gasteiger partial charge in [-0.25, -0.2) is 0 Å². The Morgan fingerprint density at radius 2 is 1.85 bits per heavy atom. The van der Waals surface area contributed by atoms with Gasteiger partial charge >= 0.3 is 0 Å². The zero-order valence-electron chi connectivity index (χ0n) is 12.6. The predicted octanol–water partition coefficient (Wildman–Crippen LogP) is 3.66. The number of hydrogen-bond acceptors (Lipinski definition) is 2. The van der Waals surface area contributed by atoms with E-state index >= 15 is 0 Å². The molecular weight excluding hydrogens is 244 g/mol. The van der Waals surface area contributed by atoms with Crippen LogP contribution >= 0.6 is 0 Å². The fourth-order valence-electron chi connectivity index (χ4n) is 3.26. The summed E-state index contributed by atoms with van der Waals surface area (Å²) in [4.78, 5) is 2.61. The Labute approximate surface area is 121 Å². The molecule has 0 saturated carbocycles. The van der Waals surface area contributed by atoms with Crippen LogP contribution in [0.2, 0.25) is 0 Å². The highest BCUT2D eigenvalue weighted by Crippen LogP contribution is 2.31. The monoisotopic (exact) mass is 268 g/mol. The molecule has 2 atom stereocenters. The molecule has 2 heteroatoms. The number of rotatable bonds is 2. The molecule has 1 aliphatic heterocycles. The molecule has 2 nitrogen and oxygen atoms in total. The van der Waals surface area contributed by atoms with E-state index in [2.05, 4.69) is 73.5 Å². The summed E-state index contributed by atoms with van der Waals surface area (Å²) in [6, 6.07) is 16.5. The normalized spacial score (nSPS) is 23.5. The number of benzene rings is 2. The van der Waals surface area contributed by atoms with Crippen molar-refractivity contribution in [2.24, 2.45) is 5.92 Å². The molecule has 0 aliphatic carbocycles. The van der Waals surface area contributed by atoms with E-state index < -0.39 is 0 Å². The van der Waals surface area contributed by atoms with Crippen molar-refractivity contribution >= 4 is 16.5 Å². The molecule has 1 saturated heterocycles. The van der Waals surface area contributed by atoms with Crippen molar-refractivity contribution in [2.75, 3.05) is 18.0 Å². The van der Waals surface area contributed by atoms with Crippen LogP contribution < -0.4 is 10.2 Å². The molecule has 2 unspecified atom stereocenters. The summed E-state index contributed by atoms with van der Waals surface area (Å²) in [7, 11) is 0. The summed E-state index contributed by atoms with van der Waals surface area (Å²) < 4.78 is 0. The van der Waals surface area contributed by atoms with Crippen LogP contribution in [0.3, 0.4) is 0 Å². The zero-order chi connectivity index (χ0) is 14.1. The van der Waals surface area contributed by atoms with Crippen LogP contribution in [0, 0.1) is 5.92 Å². The maximum Gasteiger partial charge on any atom is 0.0449 e. The van der Waals surface area contributed by atoms with Crippen LogP contribution in [0.25, 0.3) is 10.8 Å². The van der Waals surface area contributed by atoms with Gasteiger partial charge in [0, 0.05) is 36.2 Å². The average Bonchev–Trinajstić information content (AvgIpc) is 2.46. The van der Waals surface area contributed by atoms with Crippen LogP contribution in [0.1, 0.15) is 20.8 Å². The topological polar surface area (TPSA) is 15.3 Å². The molecule has 1 aliphatic rings. The van der Waals surface area contributed by atoms with Gasteiger partial charge in [-0.05, 0) is 24.3 Å². The van der Waals surface area contributed by atoms with Crippen LogP contribution in [0.15, 0.2) is 42.5 Å². The van der Waals surface area contributed by atoms with Crippen LogP contribution in [-0.2, 0) is 0 Å². The minimum absolute atomic E-state index is 0.545. The number of hydrogen-bond donors (Lipinski definition) is 1. The third-order valence-electron chi connectivity index (χ3n) is 4.39. The van der Waals surface area contributed by atoms with Gasteiger partial charge in [-0.15, -0.1) is 0 Å². The molecule has 2 aromatic carbocycles. The Morgan fingerprint density at radius 1 is 1.10 bits per heavy atom. The highest BCUT2D eigenvalue weighted by Gasteiger charge is 2.28. The Morgan fingerprint density at radius 3 is 2.65 bits per heavy atom. The summed E-state index contributed by atoms with van der Waals surface area (Å²) in [5.74, 6) is 0.647. The molecule has 0 spiro atoms. The molecule has 1 heterocycles. The summed E-state index contributed by atoms with van der Waals surface area (Å²) in [5, 5.41) is 6.32. The lowest BCUT2D eigenvalue weighted by molar-refractivity contribution is 0.350. The summed E-state index contributed by atoms with van der Waals surface area (Å²) in [6.07, 6.45) is 0. The fraction of sp³-hybridized carbons (Fsp3) is 0.444. The van der Waals surface area contributed by atoms with Gasteiger partial charge in [0.2, 0.25) is 0 Å². The van der Waals surface area contributed by atoms with Crippen LogP contribution in [-0.4, -0.2) is 25.2 Å². The molecule has 20 heavy (non-hydrogen) atoms. The Hall–Kier alpha value is -1.54. The van der Waals surface area contributed by atoms with Gasteiger partial charge < -0.3 is 10.2 Å². The predicted molar refractivity (Wildman–Crippen MR) is 87.4 cm³/mol. The van der Waals surface area contributed by atoms with Crippen molar-refractivity contribution < 1.29 is 0 Å². The first-order chi connectivity index (χ1) is 9.66. The molecule has 2 aromatic rings. The second-order valence-corrected chi connectivity index (χ2v) is 6.27. The van der Waals surface area contributed by atoms with Gasteiger partial charge in [-0.1, -0.05) is 50.2 Å². The Kier molecular flexibility index (Phi) is 3.66. The van der Waals surface area contributed by atoms with E-state index in [9.17, 15) is 0 Å². The maximum atomic E-state index is 3.62. The summed E-state index contributed by atoms with van der Waals surface area (Å²) >= 11 is 0. The van der Waals surface area contributed by atoms with Crippen molar-refractivity contribution in [3.05, 3.63) is 42.5 Å². The summed E-state index contributed by atoms with van der Waals surface area (Å²) in [5.41, 5.74) is 1.38. The lowest BCUT2D eigenvalue weighted by Crippen LogP contribution is -2.57. The van der Waals surface area contributed by atoms with Gasteiger partial charge in [0.05, 0.1) is 0 Å². The standard InChI is InChI=1S/C18H24N2/c1-13(2)18-11-19-14(3)12-20(18)17-10-6-8-15-7-4-5-9-16(15)17/h4-10,13-14,18-19H,11-12H2,1-3H3. The van der Waals surface area contributed by atoms with E-state index in [0.29, 0.717) is 18.0 Å². The van der Waals surface area contributed by atoms with Gasteiger partial charge in [-0.3, -0.25) is 0 Å². The number of fused-ring (bicyclic) bond motifs is 1. The van der Waals surface area contributed by atoms with Crippen LogP contribution in [0.5, 0.6) is 0 Å². The third-order valence-corrected chi connectivity index (χ3v) is 4.39. The quantitative estimate of drug-likeness (QED) is 0.894. The lowest BCUT2D eigenvalue weighted by Gasteiger charge is -2.43. The molecule has 0 aromatic heterocycles. The summed E-state index contributed by atoms with van der Waals surface area (Å²) in [6.45, 7) is 9.06. The molecule has 0 radical (unpaired) electrons. The SMILES string of the molecule is CC1CN(c2cccc3ccccc23)C(C(C)C)CN1. The van der Waals surface area contributed by atoms with Crippen molar-refractivity contribution in [3.8, 4) is 0 Å². The smallest absolute Gasteiger partial charge is 0.0449 e. The lowest BCUT2D eigenvalue weighted by atomic mass is 9.96. The third kappa shape index (κ3) is 2.40. The first-order valence-corrected chi connectivity index (χ1v) is 7.64. The highest BCUT2D eigenvalue weighted by molar-refractivity contribution is 5.94. The van der Waals surface area contributed by atoms with Crippen LogP contribution in [0.4, 0.5) is 5.69 Å². The van der Waals surface area contributed by atoms with Crippen molar-refractivity contribution in [3.63, 3.8) is 0 Å². The van der Waals surface area contributed by atoms with Gasteiger partial charge in [0.15, 0.2) is 0 Å². The van der Waals surface area contributed by atoms with E-state index in [0.717, 1.165) is 13.1 Å². The van der Waals surface area contributed by atoms with Gasteiger partial charge in [0.25, 0.3) is 0 Å². The minimum Gasteiger partial charge on any atom is -0.365 e. The molecule has 106 valence electrons. The van der Waals surface area contributed by atoms with Gasteiger partial charge in [-0.2, -0.15) is 0 Å². The first kappa shape index (κ1) is 13.4. The van der Waals surface area contributed by atoms with E-state index in [1.807, 2.05) is 0 Å². The minimum atomic E-state index is 0.545. The second-order valence-electron chi connectivity index (χ2n) is 6.27. The Bertz CT molecular complexity index is 585. The van der Waals surface area contributed by atoms with Crippen molar-refractivity contribution in [1.29, 1.82) is 0 Å². The maximum absolute atomic E-state index is 3.62. The molecule has 0 amide bonds. The van der Waals surface area contributed by atoms with E-state index in [4.69, 9.17) is 0 Å². The molecular formula is C18H24N2. The van der Waals surface area contributed by atoms with E-state index in [1.165, 1.54) is 16.5 Å². The number of piperazine rings is 1. The molecule has 3 rings (SSSR count). The van der Waals surface area contributed by atoms with E-state index in [-0.39, 0.29) is 0 Å². The zero-order valence-corrected chi connectivity index (χ0v) is 12.6. The second kappa shape index (κ2) is 5.45. The largest absolute Gasteiger partial charge is 0.365 e. The molecule has 0 bridgehead atoms. The van der Waals surface area contributed by atoms with E-state index in [1.54, 1.807) is 0 Å². The highest BCUT2D eigenvalue weighted by atomic mass is 15.2. The number of nitrogens with zero attached hydrogens (tertiary/aromatic N) is 1. The fourth-order valence-corrected chi connectivity index (χ4v) is 3.26. The number of nitrogens with one attached hydrogen (secondary N) is 1. The molecule has 1 N–H and O–H groups in total. The molecule has 1 fully saturated rings. The van der Waals surface area contributed by atoms with Crippen molar-refractivity contribution in [1.82, 2.24) is 5.32 Å². The first-order valence-electron chi connectivity index (χ1n) is 7.64. The number of anilines is 1. The Balaban J connectivity index is 2.07.